The molecule has 2 rings (SSSR count). The van der Waals surface area contributed by atoms with E-state index < -0.39 is 0 Å². The van der Waals surface area contributed by atoms with E-state index in [4.69, 9.17) is 19.6 Å². The Morgan fingerprint density at radius 1 is 1.22 bits per heavy atom. The molecule has 98 valence electrons. The molecular weight excluding hydrogens is 232 g/mol. The van der Waals surface area contributed by atoms with E-state index in [1.807, 2.05) is 6.07 Å². The number of anilines is 1. The zero-order chi connectivity index (χ0) is 12.8. The Hall–Kier alpha value is -1.59. The molecule has 1 heterocycles. The summed E-state index contributed by atoms with van der Waals surface area (Å²) in [6.45, 7) is 4.34. The predicted octanol–water partition coefficient (Wildman–Crippen LogP) is 2.35. The number of nitrogen functional groups attached to an aromatic ring is 1. The van der Waals surface area contributed by atoms with Crippen LogP contribution < -0.4 is 5.73 Å². The van der Waals surface area contributed by atoms with E-state index in [1.165, 1.54) is 0 Å². The average Bonchev–Trinajstić information content (AvgIpc) is 2.75. The van der Waals surface area contributed by atoms with Crippen LogP contribution in [-0.4, -0.2) is 24.8 Å². The topological polar surface area (TPSA) is 70.5 Å². The minimum absolute atomic E-state index is 0.351. The van der Waals surface area contributed by atoms with Crippen LogP contribution in [0.5, 0.6) is 0 Å². The van der Waals surface area contributed by atoms with Gasteiger partial charge in [0.2, 0.25) is 5.89 Å². The molecule has 0 aliphatic carbocycles. The minimum atomic E-state index is 0.351. The van der Waals surface area contributed by atoms with Gasteiger partial charge in [0.25, 0.3) is 0 Å². The second kappa shape index (κ2) is 6.37. The molecular formula is C13H18N2O3. The van der Waals surface area contributed by atoms with Gasteiger partial charge in [-0.15, -0.1) is 0 Å². The van der Waals surface area contributed by atoms with Crippen LogP contribution in [0, 0.1) is 0 Å². The third-order valence-electron chi connectivity index (χ3n) is 2.40. The van der Waals surface area contributed by atoms with Crippen LogP contribution in [0.25, 0.3) is 11.1 Å². The first-order valence-corrected chi connectivity index (χ1v) is 6.10. The maximum atomic E-state index is 5.67. The van der Waals surface area contributed by atoms with E-state index >= 15 is 0 Å². The lowest BCUT2D eigenvalue weighted by atomic mass is 10.3. The fourth-order valence-corrected chi connectivity index (χ4v) is 1.57. The van der Waals surface area contributed by atoms with E-state index in [1.54, 1.807) is 12.1 Å². The number of aromatic nitrogens is 1. The van der Waals surface area contributed by atoms with Crippen molar-refractivity contribution < 1.29 is 13.9 Å². The van der Waals surface area contributed by atoms with E-state index in [0.29, 0.717) is 37.0 Å². The fraction of sp³-hybridized carbons (Fsp3) is 0.462. The van der Waals surface area contributed by atoms with Crippen molar-refractivity contribution in [2.45, 2.75) is 20.0 Å². The number of nitrogens with zero attached hydrogens (tertiary/aromatic N) is 1. The van der Waals surface area contributed by atoms with Gasteiger partial charge in [0.15, 0.2) is 5.58 Å². The van der Waals surface area contributed by atoms with Crippen LogP contribution in [0.15, 0.2) is 22.6 Å². The Morgan fingerprint density at radius 2 is 2.06 bits per heavy atom. The quantitative estimate of drug-likeness (QED) is 0.603. The molecule has 0 bridgehead atoms. The fourth-order valence-electron chi connectivity index (χ4n) is 1.57. The lowest BCUT2D eigenvalue weighted by Crippen LogP contribution is -2.04. The number of hydrogen-bond donors (Lipinski definition) is 1. The summed E-state index contributed by atoms with van der Waals surface area (Å²) in [7, 11) is 0. The third kappa shape index (κ3) is 3.45. The summed E-state index contributed by atoms with van der Waals surface area (Å²) in [6, 6.07) is 5.40. The van der Waals surface area contributed by atoms with E-state index in [-0.39, 0.29) is 0 Å². The van der Waals surface area contributed by atoms with E-state index in [0.717, 1.165) is 18.5 Å². The molecule has 0 saturated heterocycles. The monoisotopic (exact) mass is 250 g/mol. The van der Waals surface area contributed by atoms with Gasteiger partial charge in [0, 0.05) is 18.4 Å². The third-order valence-corrected chi connectivity index (χ3v) is 2.40. The summed E-state index contributed by atoms with van der Waals surface area (Å²) >= 11 is 0. The molecule has 18 heavy (non-hydrogen) atoms. The summed E-state index contributed by atoms with van der Waals surface area (Å²) in [4.78, 5) is 4.30. The average molecular weight is 250 g/mol. The second-order valence-electron chi connectivity index (χ2n) is 4.00. The Morgan fingerprint density at radius 3 is 2.89 bits per heavy atom. The molecule has 0 aliphatic heterocycles. The van der Waals surface area contributed by atoms with Gasteiger partial charge in [0.1, 0.15) is 12.1 Å². The number of benzene rings is 1. The summed E-state index contributed by atoms with van der Waals surface area (Å²) in [5, 5.41) is 0. The van der Waals surface area contributed by atoms with Crippen LogP contribution >= 0.6 is 0 Å². The highest BCUT2D eigenvalue weighted by molar-refractivity contribution is 5.76. The van der Waals surface area contributed by atoms with Crippen LogP contribution in [0.4, 0.5) is 5.69 Å². The molecule has 2 N–H and O–H groups in total. The predicted molar refractivity (Wildman–Crippen MR) is 69.2 cm³/mol. The van der Waals surface area contributed by atoms with Gasteiger partial charge < -0.3 is 19.6 Å². The summed E-state index contributed by atoms with van der Waals surface area (Å²) in [5.74, 6) is 0.561. The van der Waals surface area contributed by atoms with Crippen molar-refractivity contribution in [3.05, 3.63) is 24.1 Å². The highest BCUT2D eigenvalue weighted by Crippen LogP contribution is 2.18. The Labute approximate surface area is 106 Å². The van der Waals surface area contributed by atoms with Crippen LogP contribution in [0.3, 0.4) is 0 Å². The van der Waals surface area contributed by atoms with Crippen LogP contribution in [-0.2, 0) is 16.1 Å². The molecule has 1 aromatic carbocycles. The van der Waals surface area contributed by atoms with Crippen molar-refractivity contribution in [1.82, 2.24) is 4.98 Å². The molecule has 0 saturated carbocycles. The van der Waals surface area contributed by atoms with Crippen LogP contribution in [0.2, 0.25) is 0 Å². The van der Waals surface area contributed by atoms with Crippen molar-refractivity contribution in [3.63, 3.8) is 0 Å². The molecule has 1 aromatic heterocycles. The van der Waals surface area contributed by atoms with Crippen molar-refractivity contribution in [3.8, 4) is 0 Å². The lowest BCUT2D eigenvalue weighted by molar-refractivity contribution is 0.0339. The number of rotatable bonds is 7. The molecule has 0 spiro atoms. The van der Waals surface area contributed by atoms with Gasteiger partial charge >= 0.3 is 0 Å². The number of hydrogen-bond acceptors (Lipinski definition) is 5. The summed E-state index contributed by atoms with van der Waals surface area (Å²) in [6.07, 6.45) is 1.02. The summed E-state index contributed by atoms with van der Waals surface area (Å²) < 4.78 is 16.2. The SMILES string of the molecule is CCCOCCOCc1nc2ccc(N)cc2o1. The molecule has 5 nitrogen and oxygen atoms in total. The second-order valence-corrected chi connectivity index (χ2v) is 4.00. The van der Waals surface area contributed by atoms with Gasteiger partial charge in [-0.2, -0.15) is 0 Å². The van der Waals surface area contributed by atoms with Gasteiger partial charge in [-0.05, 0) is 18.6 Å². The maximum Gasteiger partial charge on any atom is 0.221 e. The Kier molecular flexibility index (Phi) is 4.55. The highest BCUT2D eigenvalue weighted by Gasteiger charge is 2.05. The van der Waals surface area contributed by atoms with E-state index in [2.05, 4.69) is 11.9 Å². The molecule has 5 heteroatoms. The normalized spacial score (nSPS) is 11.2. The van der Waals surface area contributed by atoms with Crippen LogP contribution in [0.1, 0.15) is 19.2 Å². The molecule has 2 aromatic rings. The lowest BCUT2D eigenvalue weighted by Gasteiger charge is -2.02. The Bertz CT molecular complexity index is 496. The highest BCUT2D eigenvalue weighted by atomic mass is 16.5. The molecule has 0 amide bonds. The van der Waals surface area contributed by atoms with Gasteiger partial charge in [-0.25, -0.2) is 4.98 Å². The molecule has 0 aliphatic rings. The van der Waals surface area contributed by atoms with Gasteiger partial charge in [-0.1, -0.05) is 6.92 Å². The van der Waals surface area contributed by atoms with Gasteiger partial charge in [-0.3, -0.25) is 0 Å². The molecule has 0 radical (unpaired) electrons. The summed E-state index contributed by atoms with van der Waals surface area (Å²) in [5.41, 5.74) is 7.82. The smallest absolute Gasteiger partial charge is 0.221 e. The van der Waals surface area contributed by atoms with Crippen molar-refractivity contribution in [2.24, 2.45) is 0 Å². The number of fused-ring (bicyclic) bond motifs is 1. The Balaban J connectivity index is 1.81. The number of oxazole rings is 1. The number of ether oxygens (including phenoxy) is 2. The van der Waals surface area contributed by atoms with Crippen molar-refractivity contribution in [1.29, 1.82) is 0 Å². The van der Waals surface area contributed by atoms with E-state index in [9.17, 15) is 0 Å². The minimum Gasteiger partial charge on any atom is -0.438 e. The number of nitrogens with two attached hydrogens (primary N) is 1. The first kappa shape index (κ1) is 12.9. The van der Waals surface area contributed by atoms with Crippen molar-refractivity contribution in [2.75, 3.05) is 25.6 Å². The maximum absolute atomic E-state index is 5.67. The zero-order valence-corrected chi connectivity index (χ0v) is 10.5. The standard InChI is InChI=1S/C13H18N2O3/c1-2-5-16-6-7-17-9-13-15-11-4-3-10(14)8-12(11)18-13/h3-4,8H,2,5-7,9,14H2,1H3. The first-order valence-electron chi connectivity index (χ1n) is 6.10. The van der Waals surface area contributed by atoms with Gasteiger partial charge in [0.05, 0.1) is 13.2 Å². The first-order chi connectivity index (χ1) is 8.79. The molecule has 0 fully saturated rings. The van der Waals surface area contributed by atoms with Crippen molar-refractivity contribution >= 4 is 16.8 Å². The molecule has 0 unspecified atom stereocenters. The largest absolute Gasteiger partial charge is 0.438 e. The zero-order valence-electron chi connectivity index (χ0n) is 10.5. The molecule has 0 atom stereocenters.